The first kappa shape index (κ1) is 15.5. The highest BCUT2D eigenvalue weighted by molar-refractivity contribution is 5.85. The highest BCUT2D eigenvalue weighted by Crippen LogP contribution is 2.22. The fraction of sp³-hybridized carbons (Fsp3) is 0.385. The van der Waals surface area contributed by atoms with Crippen molar-refractivity contribution >= 4 is 18.4 Å². The molecule has 1 atom stereocenters. The Morgan fingerprint density at radius 2 is 2.05 bits per heavy atom. The summed E-state index contributed by atoms with van der Waals surface area (Å²) in [6.07, 6.45) is 0. The van der Waals surface area contributed by atoms with Crippen LogP contribution in [0.25, 0.3) is 0 Å². The van der Waals surface area contributed by atoms with E-state index in [1.165, 1.54) is 16.7 Å². The van der Waals surface area contributed by atoms with Gasteiger partial charge in [-0.2, -0.15) is 0 Å². The number of anilines is 1. The Hall–Kier alpha value is -1.59. The molecular weight excluding hydrogens is 264 g/mol. The van der Waals surface area contributed by atoms with Crippen molar-refractivity contribution in [2.75, 3.05) is 5.32 Å². The molecule has 2 rings (SSSR count). The summed E-state index contributed by atoms with van der Waals surface area (Å²) < 4.78 is 5.34. The third kappa shape index (κ3) is 3.68. The van der Waals surface area contributed by atoms with Crippen molar-refractivity contribution in [3.05, 3.63) is 40.8 Å². The summed E-state index contributed by atoms with van der Waals surface area (Å²) in [6, 6.07) is 6.89. The molecule has 19 heavy (non-hydrogen) atoms. The van der Waals surface area contributed by atoms with Crippen LogP contribution in [-0.2, 0) is 6.54 Å². The molecule has 0 aliphatic heterocycles. The molecule has 0 amide bonds. The van der Waals surface area contributed by atoms with Crippen molar-refractivity contribution in [2.24, 2.45) is 5.73 Å². The van der Waals surface area contributed by atoms with Crippen LogP contribution < -0.4 is 11.1 Å². The predicted molar refractivity (Wildman–Crippen MR) is 77.4 cm³/mol. The fourth-order valence-electron chi connectivity index (χ4n) is 1.88. The Balaban J connectivity index is 0.00000180. The predicted octanol–water partition coefficient (Wildman–Crippen LogP) is 2.74. The first-order valence-corrected chi connectivity index (χ1v) is 5.96. The van der Waals surface area contributed by atoms with Crippen LogP contribution in [0.5, 0.6) is 0 Å². The number of nitrogens with zero attached hydrogens (tertiary/aromatic N) is 2. The molecule has 104 valence electrons. The Morgan fingerprint density at radius 1 is 1.32 bits per heavy atom. The lowest BCUT2D eigenvalue weighted by atomic mass is 10.0. The third-order valence-electron chi connectivity index (χ3n) is 2.88. The average molecular weight is 283 g/mol. The standard InChI is InChI=1S/C13H18N4O.ClH/c1-8-4-5-9(2)11(6-8)10(3)15-13-17-16-12(7-14)18-13;/h4-6,10H,7,14H2,1-3H3,(H,15,17);1H. The van der Waals surface area contributed by atoms with E-state index in [2.05, 4.69) is 54.5 Å². The van der Waals surface area contributed by atoms with Gasteiger partial charge in [0.25, 0.3) is 0 Å². The second-order valence-electron chi connectivity index (χ2n) is 4.43. The van der Waals surface area contributed by atoms with E-state index in [1.54, 1.807) is 0 Å². The minimum atomic E-state index is 0. The molecule has 1 aromatic heterocycles. The van der Waals surface area contributed by atoms with Crippen molar-refractivity contribution < 1.29 is 4.42 Å². The monoisotopic (exact) mass is 282 g/mol. The number of hydrogen-bond acceptors (Lipinski definition) is 5. The van der Waals surface area contributed by atoms with E-state index in [0.29, 0.717) is 11.9 Å². The maximum atomic E-state index is 5.43. The molecule has 0 saturated heterocycles. The van der Waals surface area contributed by atoms with Crippen LogP contribution in [0.15, 0.2) is 22.6 Å². The smallest absolute Gasteiger partial charge is 0.315 e. The van der Waals surface area contributed by atoms with Gasteiger partial charge in [0.05, 0.1) is 12.6 Å². The Morgan fingerprint density at radius 3 is 2.68 bits per heavy atom. The maximum absolute atomic E-state index is 5.43. The minimum absolute atomic E-state index is 0. The molecule has 1 heterocycles. The second-order valence-corrected chi connectivity index (χ2v) is 4.43. The molecule has 0 fully saturated rings. The zero-order valence-corrected chi connectivity index (χ0v) is 12.1. The number of aromatic nitrogens is 2. The number of rotatable bonds is 4. The normalized spacial score (nSPS) is 11.8. The van der Waals surface area contributed by atoms with Crippen LogP contribution >= 0.6 is 12.4 Å². The molecule has 1 unspecified atom stereocenters. The molecule has 6 heteroatoms. The van der Waals surface area contributed by atoms with Gasteiger partial charge >= 0.3 is 6.01 Å². The number of hydrogen-bond donors (Lipinski definition) is 2. The Kier molecular flexibility index (Phi) is 5.32. The van der Waals surface area contributed by atoms with Crippen molar-refractivity contribution in [1.29, 1.82) is 0 Å². The van der Waals surface area contributed by atoms with E-state index in [-0.39, 0.29) is 25.0 Å². The average Bonchev–Trinajstić information content (AvgIpc) is 2.80. The molecular formula is C13H19ClN4O. The highest BCUT2D eigenvalue weighted by atomic mass is 35.5. The van der Waals surface area contributed by atoms with Gasteiger partial charge in [-0.1, -0.05) is 28.9 Å². The molecule has 0 bridgehead atoms. The quantitative estimate of drug-likeness (QED) is 0.902. The minimum Gasteiger partial charge on any atom is -0.407 e. The van der Waals surface area contributed by atoms with Gasteiger partial charge in [0.15, 0.2) is 0 Å². The van der Waals surface area contributed by atoms with Gasteiger partial charge in [0.2, 0.25) is 5.89 Å². The largest absolute Gasteiger partial charge is 0.407 e. The molecule has 1 aromatic carbocycles. The van der Waals surface area contributed by atoms with Crippen LogP contribution in [0, 0.1) is 13.8 Å². The highest BCUT2D eigenvalue weighted by Gasteiger charge is 2.12. The second kappa shape index (κ2) is 6.54. The van der Waals surface area contributed by atoms with E-state index < -0.39 is 0 Å². The third-order valence-corrected chi connectivity index (χ3v) is 2.88. The van der Waals surface area contributed by atoms with Gasteiger partial charge in [0, 0.05) is 0 Å². The lowest BCUT2D eigenvalue weighted by Crippen LogP contribution is -2.08. The molecule has 2 aromatic rings. The number of nitrogens with two attached hydrogens (primary N) is 1. The summed E-state index contributed by atoms with van der Waals surface area (Å²) in [5.74, 6) is 0.436. The molecule has 0 radical (unpaired) electrons. The topological polar surface area (TPSA) is 77.0 Å². The van der Waals surface area contributed by atoms with E-state index in [0.717, 1.165) is 0 Å². The van der Waals surface area contributed by atoms with Gasteiger partial charge in [-0.15, -0.1) is 17.5 Å². The van der Waals surface area contributed by atoms with Crippen LogP contribution in [0.3, 0.4) is 0 Å². The van der Waals surface area contributed by atoms with E-state index >= 15 is 0 Å². The summed E-state index contributed by atoms with van der Waals surface area (Å²) in [6.45, 7) is 6.49. The summed E-state index contributed by atoms with van der Waals surface area (Å²) in [5, 5.41) is 10.9. The number of halogens is 1. The zero-order chi connectivity index (χ0) is 13.1. The number of benzene rings is 1. The van der Waals surface area contributed by atoms with Crippen LogP contribution in [0.4, 0.5) is 6.01 Å². The van der Waals surface area contributed by atoms with Gasteiger partial charge < -0.3 is 15.5 Å². The summed E-state index contributed by atoms with van der Waals surface area (Å²) in [5.41, 5.74) is 9.12. The summed E-state index contributed by atoms with van der Waals surface area (Å²) in [7, 11) is 0. The lowest BCUT2D eigenvalue weighted by Gasteiger charge is -2.15. The Labute approximate surface area is 119 Å². The number of nitrogens with one attached hydrogen (secondary N) is 1. The van der Waals surface area contributed by atoms with Crippen LogP contribution in [-0.4, -0.2) is 10.2 Å². The number of aryl methyl sites for hydroxylation is 2. The zero-order valence-electron chi connectivity index (χ0n) is 11.3. The van der Waals surface area contributed by atoms with Gasteiger partial charge in [0.1, 0.15) is 0 Å². The first-order chi connectivity index (χ1) is 8.60. The lowest BCUT2D eigenvalue weighted by molar-refractivity contribution is 0.503. The molecule has 0 saturated carbocycles. The first-order valence-electron chi connectivity index (χ1n) is 5.96. The van der Waals surface area contributed by atoms with E-state index in [9.17, 15) is 0 Å². The molecule has 5 nitrogen and oxygen atoms in total. The van der Waals surface area contributed by atoms with Crippen molar-refractivity contribution in [3.63, 3.8) is 0 Å². The maximum Gasteiger partial charge on any atom is 0.315 e. The van der Waals surface area contributed by atoms with Gasteiger partial charge in [-0.3, -0.25) is 0 Å². The van der Waals surface area contributed by atoms with Crippen LogP contribution in [0.1, 0.15) is 35.5 Å². The van der Waals surface area contributed by atoms with Gasteiger partial charge in [-0.05, 0) is 31.9 Å². The van der Waals surface area contributed by atoms with Crippen molar-refractivity contribution in [2.45, 2.75) is 33.4 Å². The Bertz CT molecular complexity index is 541. The van der Waals surface area contributed by atoms with Crippen LogP contribution in [0.2, 0.25) is 0 Å². The fourth-order valence-corrected chi connectivity index (χ4v) is 1.88. The van der Waals surface area contributed by atoms with E-state index in [1.807, 2.05) is 0 Å². The van der Waals surface area contributed by atoms with E-state index in [4.69, 9.17) is 10.2 Å². The molecule has 0 aliphatic rings. The molecule has 3 N–H and O–H groups in total. The molecule has 0 spiro atoms. The SMILES string of the molecule is Cc1ccc(C)c(C(C)Nc2nnc(CN)o2)c1.Cl. The van der Waals surface area contributed by atoms with Crippen molar-refractivity contribution in [3.8, 4) is 0 Å². The molecule has 0 aliphatic carbocycles. The summed E-state index contributed by atoms with van der Waals surface area (Å²) in [4.78, 5) is 0. The summed E-state index contributed by atoms with van der Waals surface area (Å²) >= 11 is 0. The van der Waals surface area contributed by atoms with Crippen molar-refractivity contribution in [1.82, 2.24) is 10.2 Å². The van der Waals surface area contributed by atoms with Gasteiger partial charge in [-0.25, -0.2) is 0 Å².